The first kappa shape index (κ1) is 22.1. The molecule has 0 aliphatic heterocycles. The highest BCUT2D eigenvalue weighted by molar-refractivity contribution is 7.80. The largest absolute Gasteiger partial charge is 0.463 e. The molecule has 8 nitrogen and oxygen atoms in total. The summed E-state index contributed by atoms with van der Waals surface area (Å²) < 4.78 is 9.54. The number of nitrogens with one attached hydrogen (secondary N) is 3. The summed E-state index contributed by atoms with van der Waals surface area (Å²) >= 11 is 16.5. The van der Waals surface area contributed by atoms with Gasteiger partial charge in [-0.1, -0.05) is 23.2 Å². The lowest BCUT2D eigenvalue weighted by molar-refractivity contribution is -0.146. The van der Waals surface area contributed by atoms with E-state index >= 15 is 0 Å². The highest BCUT2D eigenvalue weighted by Crippen LogP contribution is 2.20. The number of thiocarbonyl (C=S) groups is 1. The fourth-order valence-corrected chi connectivity index (χ4v) is 2.26. The molecule has 0 unspecified atom stereocenters. The van der Waals surface area contributed by atoms with Crippen molar-refractivity contribution in [2.24, 2.45) is 0 Å². The Morgan fingerprint density at radius 3 is 2.50 bits per heavy atom. The average molecular weight is 422 g/mol. The van der Waals surface area contributed by atoms with Crippen LogP contribution in [0.5, 0.6) is 0 Å². The van der Waals surface area contributed by atoms with E-state index in [-0.39, 0.29) is 41.8 Å². The van der Waals surface area contributed by atoms with Gasteiger partial charge >= 0.3 is 5.97 Å². The molecule has 0 fully saturated rings. The summed E-state index contributed by atoms with van der Waals surface area (Å²) in [6, 6.07) is 4.37. The quantitative estimate of drug-likeness (QED) is 0.265. The van der Waals surface area contributed by atoms with Crippen LogP contribution in [0.1, 0.15) is 23.2 Å². The first-order valence-corrected chi connectivity index (χ1v) is 8.49. The van der Waals surface area contributed by atoms with Gasteiger partial charge in [-0.25, -0.2) is 0 Å². The molecule has 1 rings (SSSR count). The summed E-state index contributed by atoms with van der Waals surface area (Å²) in [6.07, 6.45) is -0.227. The standard InChI is InChI=1S/C15H17Cl2N3O5S/c1-24-6-7-25-13(22)5-4-12(21)18-15(26)20-19-14(23)10-3-2-9(16)8-11(10)17/h2-3,8H,4-7H2,1H3,(H,19,23)(H2,18,20,21,26). The predicted octanol–water partition coefficient (Wildman–Crippen LogP) is 1.60. The van der Waals surface area contributed by atoms with Crippen LogP contribution in [0, 0.1) is 0 Å². The molecular weight excluding hydrogens is 405 g/mol. The lowest BCUT2D eigenvalue weighted by Gasteiger charge is -2.11. The number of rotatable bonds is 7. The maximum absolute atomic E-state index is 12.0. The van der Waals surface area contributed by atoms with Gasteiger partial charge in [-0.3, -0.25) is 25.2 Å². The van der Waals surface area contributed by atoms with Crippen molar-refractivity contribution < 1.29 is 23.9 Å². The molecule has 0 saturated heterocycles. The minimum atomic E-state index is -0.565. The van der Waals surface area contributed by atoms with Crippen LogP contribution in [0.2, 0.25) is 10.0 Å². The second kappa shape index (κ2) is 11.6. The van der Waals surface area contributed by atoms with Gasteiger partial charge in [0.25, 0.3) is 5.91 Å². The minimum Gasteiger partial charge on any atom is -0.463 e. The number of hydrazine groups is 1. The number of amides is 2. The lowest BCUT2D eigenvalue weighted by Crippen LogP contribution is -2.48. The number of methoxy groups -OCH3 is 1. The number of halogens is 2. The van der Waals surface area contributed by atoms with Crippen molar-refractivity contribution >= 4 is 58.3 Å². The number of esters is 1. The van der Waals surface area contributed by atoms with Crippen molar-refractivity contribution in [1.29, 1.82) is 0 Å². The SMILES string of the molecule is COCCOC(=O)CCC(=O)NC(=S)NNC(=O)c1ccc(Cl)cc1Cl. The van der Waals surface area contributed by atoms with E-state index in [4.69, 9.17) is 44.9 Å². The summed E-state index contributed by atoms with van der Waals surface area (Å²) in [7, 11) is 1.48. The normalized spacial score (nSPS) is 9.96. The van der Waals surface area contributed by atoms with E-state index in [0.717, 1.165) is 0 Å². The van der Waals surface area contributed by atoms with Crippen molar-refractivity contribution in [3.05, 3.63) is 33.8 Å². The summed E-state index contributed by atoms with van der Waals surface area (Å²) in [6.45, 7) is 0.402. The summed E-state index contributed by atoms with van der Waals surface area (Å²) in [5.74, 6) is -1.60. The van der Waals surface area contributed by atoms with Gasteiger partial charge in [-0.15, -0.1) is 0 Å². The number of hydrogen-bond donors (Lipinski definition) is 3. The van der Waals surface area contributed by atoms with E-state index in [0.29, 0.717) is 5.02 Å². The second-order valence-corrected chi connectivity index (χ2v) is 6.05. The number of benzene rings is 1. The molecule has 0 aliphatic carbocycles. The molecule has 0 aromatic heterocycles. The van der Waals surface area contributed by atoms with Gasteiger partial charge in [0.2, 0.25) is 5.91 Å². The molecule has 0 radical (unpaired) electrons. The third kappa shape index (κ3) is 8.43. The third-order valence-electron chi connectivity index (χ3n) is 2.82. The maximum Gasteiger partial charge on any atom is 0.306 e. The average Bonchev–Trinajstić information content (AvgIpc) is 2.58. The fraction of sp³-hybridized carbons (Fsp3) is 0.333. The number of carbonyl (C=O) groups is 3. The highest BCUT2D eigenvalue weighted by Gasteiger charge is 2.12. The van der Waals surface area contributed by atoms with Gasteiger partial charge in [-0.05, 0) is 30.4 Å². The molecule has 1 aromatic rings. The maximum atomic E-state index is 12.0. The van der Waals surface area contributed by atoms with Crippen molar-refractivity contribution in [3.63, 3.8) is 0 Å². The zero-order chi connectivity index (χ0) is 19.5. The van der Waals surface area contributed by atoms with Crippen LogP contribution in [-0.4, -0.2) is 43.2 Å². The molecule has 26 heavy (non-hydrogen) atoms. The highest BCUT2D eigenvalue weighted by atomic mass is 35.5. The number of ether oxygens (including phenoxy) is 2. The van der Waals surface area contributed by atoms with Gasteiger partial charge in [0.05, 0.1) is 23.6 Å². The lowest BCUT2D eigenvalue weighted by atomic mass is 10.2. The molecule has 0 bridgehead atoms. The van der Waals surface area contributed by atoms with E-state index in [2.05, 4.69) is 16.2 Å². The zero-order valence-corrected chi connectivity index (χ0v) is 16.1. The molecule has 142 valence electrons. The van der Waals surface area contributed by atoms with Crippen molar-refractivity contribution in [2.75, 3.05) is 20.3 Å². The van der Waals surface area contributed by atoms with E-state index < -0.39 is 17.8 Å². The Hall–Kier alpha value is -1.94. The zero-order valence-electron chi connectivity index (χ0n) is 13.8. The Bertz CT molecular complexity index is 687. The van der Waals surface area contributed by atoms with E-state index in [1.807, 2.05) is 0 Å². The molecular formula is C15H17Cl2N3O5S. The minimum absolute atomic E-state index is 0.106. The van der Waals surface area contributed by atoms with Gasteiger partial charge < -0.3 is 14.8 Å². The van der Waals surface area contributed by atoms with Gasteiger partial charge in [0.1, 0.15) is 6.61 Å². The smallest absolute Gasteiger partial charge is 0.306 e. The molecule has 0 saturated carbocycles. The van der Waals surface area contributed by atoms with E-state index in [9.17, 15) is 14.4 Å². The van der Waals surface area contributed by atoms with Gasteiger partial charge in [0, 0.05) is 18.6 Å². The Labute approximate surface area is 165 Å². The van der Waals surface area contributed by atoms with E-state index in [1.165, 1.54) is 25.3 Å². The van der Waals surface area contributed by atoms with Crippen molar-refractivity contribution in [3.8, 4) is 0 Å². The second-order valence-electron chi connectivity index (χ2n) is 4.79. The Balaban J connectivity index is 2.31. The van der Waals surface area contributed by atoms with Crippen LogP contribution < -0.4 is 16.2 Å². The Morgan fingerprint density at radius 2 is 1.85 bits per heavy atom. The van der Waals surface area contributed by atoms with Crippen LogP contribution in [-0.2, 0) is 19.1 Å². The van der Waals surface area contributed by atoms with E-state index in [1.54, 1.807) is 0 Å². The molecule has 0 spiro atoms. The van der Waals surface area contributed by atoms with Gasteiger partial charge in [0.15, 0.2) is 5.11 Å². The molecule has 0 aliphatic rings. The van der Waals surface area contributed by atoms with Crippen LogP contribution in [0.4, 0.5) is 0 Å². The van der Waals surface area contributed by atoms with Crippen LogP contribution in [0.3, 0.4) is 0 Å². The number of hydrogen-bond acceptors (Lipinski definition) is 6. The molecule has 0 heterocycles. The topological polar surface area (TPSA) is 106 Å². The van der Waals surface area contributed by atoms with Crippen molar-refractivity contribution in [2.45, 2.75) is 12.8 Å². The first-order valence-electron chi connectivity index (χ1n) is 7.33. The Morgan fingerprint density at radius 1 is 1.12 bits per heavy atom. The fourth-order valence-electron chi connectivity index (χ4n) is 1.60. The van der Waals surface area contributed by atoms with Crippen LogP contribution >= 0.6 is 35.4 Å². The molecule has 11 heteroatoms. The molecule has 1 aromatic carbocycles. The number of carbonyl (C=O) groups excluding carboxylic acids is 3. The molecule has 3 N–H and O–H groups in total. The van der Waals surface area contributed by atoms with Gasteiger partial charge in [-0.2, -0.15) is 0 Å². The van der Waals surface area contributed by atoms with Crippen molar-refractivity contribution in [1.82, 2.24) is 16.2 Å². The summed E-state index contributed by atoms with van der Waals surface area (Å²) in [5.41, 5.74) is 4.82. The predicted molar refractivity (Wildman–Crippen MR) is 99.9 cm³/mol. The van der Waals surface area contributed by atoms with Crippen LogP contribution in [0.25, 0.3) is 0 Å². The summed E-state index contributed by atoms with van der Waals surface area (Å²) in [4.78, 5) is 35.0. The molecule has 0 atom stereocenters. The molecule has 2 amide bonds. The third-order valence-corrected chi connectivity index (χ3v) is 3.58. The Kier molecular flexibility index (Phi) is 9.89. The monoisotopic (exact) mass is 421 g/mol. The summed E-state index contributed by atoms with van der Waals surface area (Å²) in [5, 5.41) is 2.73. The first-order chi connectivity index (χ1) is 12.3. The van der Waals surface area contributed by atoms with Crippen LogP contribution in [0.15, 0.2) is 18.2 Å².